The fraction of sp³-hybridized carbons (Fsp3) is 0.294. The first-order valence-corrected chi connectivity index (χ1v) is 14.6. The summed E-state index contributed by atoms with van der Waals surface area (Å²) >= 11 is 0. The Morgan fingerprint density at radius 3 is 2.43 bits per heavy atom. The number of ether oxygens (including phenoxy) is 1. The highest BCUT2D eigenvalue weighted by Gasteiger charge is 2.43. The van der Waals surface area contributed by atoms with E-state index in [1.807, 2.05) is 0 Å². The topological polar surface area (TPSA) is 257 Å². The van der Waals surface area contributed by atoms with Gasteiger partial charge in [0.15, 0.2) is 0 Å². The molecule has 1 aromatic carbocycles. The molecule has 1 aliphatic rings. The number of aliphatic hydroxyl groups is 1. The fourth-order valence-electron chi connectivity index (χ4n) is 3.50. The first-order chi connectivity index (χ1) is 17.1. The van der Waals surface area contributed by atoms with Crippen molar-refractivity contribution < 1.29 is 60.7 Å². The number of hydrogen-bond acceptors (Lipinski definition) is 11. The lowest BCUT2D eigenvalue weighted by Gasteiger charge is -2.19. The lowest BCUT2D eigenvalue weighted by Crippen LogP contribution is -2.33. The third kappa shape index (κ3) is 6.81. The summed E-state index contributed by atoms with van der Waals surface area (Å²) in [7, 11) is -16.7. The summed E-state index contributed by atoms with van der Waals surface area (Å²) < 4.78 is 57.8. The minimum absolute atomic E-state index is 0.0226. The molecule has 3 aromatic rings. The molecule has 2 aromatic heterocycles. The molecule has 20 heteroatoms. The molecule has 0 radical (unpaired) electrons. The number of furan rings is 1. The molecule has 0 bridgehead atoms. The number of aromatic nitrogens is 2. The van der Waals surface area contributed by atoms with Gasteiger partial charge < -0.3 is 33.8 Å². The number of aliphatic hydroxyl groups excluding tert-OH is 1. The van der Waals surface area contributed by atoms with E-state index < -0.39 is 59.8 Å². The van der Waals surface area contributed by atoms with Gasteiger partial charge in [0.1, 0.15) is 23.7 Å². The van der Waals surface area contributed by atoms with Gasteiger partial charge in [0.25, 0.3) is 5.56 Å². The van der Waals surface area contributed by atoms with Crippen molar-refractivity contribution >= 4 is 34.4 Å². The van der Waals surface area contributed by atoms with Gasteiger partial charge in [0.05, 0.1) is 18.3 Å². The van der Waals surface area contributed by atoms with Gasteiger partial charge in [-0.1, -0.05) is 18.2 Å². The van der Waals surface area contributed by atoms with Crippen LogP contribution in [0.15, 0.2) is 50.5 Å². The summed E-state index contributed by atoms with van der Waals surface area (Å²) in [5.74, 6) is 0.152. The monoisotopic (exact) mass is 584 g/mol. The molecule has 6 N–H and O–H groups in total. The third-order valence-corrected chi connectivity index (χ3v) is 8.79. The molecule has 0 amide bonds. The Morgan fingerprint density at radius 1 is 1.05 bits per heavy atom. The number of nitrogens with zero attached hydrogens (tertiary/aromatic N) is 1. The van der Waals surface area contributed by atoms with E-state index in [4.69, 9.17) is 18.9 Å². The third-order valence-electron chi connectivity index (χ3n) is 4.99. The summed E-state index contributed by atoms with van der Waals surface area (Å²) in [6.45, 7) is -0.921. The number of phosphoric acid groups is 3. The highest BCUT2D eigenvalue weighted by molar-refractivity contribution is 7.66. The van der Waals surface area contributed by atoms with Gasteiger partial charge in [-0.3, -0.25) is 18.9 Å². The molecule has 3 heterocycles. The summed E-state index contributed by atoms with van der Waals surface area (Å²) in [4.78, 5) is 62.8. The summed E-state index contributed by atoms with van der Waals surface area (Å²) in [5.41, 5.74) is -1.17. The van der Waals surface area contributed by atoms with Crippen molar-refractivity contribution in [1.29, 1.82) is 0 Å². The van der Waals surface area contributed by atoms with Crippen molar-refractivity contribution in [3.8, 4) is 11.3 Å². The van der Waals surface area contributed by atoms with E-state index in [0.29, 0.717) is 11.0 Å². The Labute approximate surface area is 205 Å². The Kier molecular flexibility index (Phi) is 7.63. The number of benzene rings is 1. The second-order valence-corrected chi connectivity index (χ2v) is 12.1. The van der Waals surface area contributed by atoms with Crippen LogP contribution in [-0.2, 0) is 31.6 Å². The Bertz CT molecular complexity index is 1540. The van der Waals surface area contributed by atoms with Crippen LogP contribution >= 0.6 is 23.5 Å². The van der Waals surface area contributed by atoms with E-state index in [0.717, 1.165) is 10.8 Å². The average Bonchev–Trinajstić information content (AvgIpc) is 3.33. The Hall–Kier alpha value is -2.23. The minimum Gasteiger partial charge on any atom is -0.456 e. The van der Waals surface area contributed by atoms with Crippen LogP contribution in [0.4, 0.5) is 0 Å². The molecule has 202 valence electrons. The molecule has 0 aliphatic carbocycles. The van der Waals surface area contributed by atoms with Crippen LogP contribution in [0.1, 0.15) is 12.6 Å². The molecule has 0 saturated carbocycles. The van der Waals surface area contributed by atoms with Crippen molar-refractivity contribution in [2.45, 2.75) is 24.9 Å². The molecule has 2 unspecified atom stereocenters. The summed E-state index contributed by atoms with van der Waals surface area (Å²) in [6.07, 6.45) is -3.03. The summed E-state index contributed by atoms with van der Waals surface area (Å²) in [5, 5.41) is 11.0. The number of fused-ring (bicyclic) bond motifs is 1. The average molecular weight is 584 g/mol. The first kappa shape index (κ1) is 27.8. The molecular weight excluding hydrogens is 565 g/mol. The predicted molar refractivity (Wildman–Crippen MR) is 121 cm³/mol. The molecule has 5 atom stereocenters. The smallest absolute Gasteiger partial charge is 0.456 e. The number of H-pyrrole nitrogens is 1. The second kappa shape index (κ2) is 10.2. The van der Waals surface area contributed by atoms with Crippen molar-refractivity contribution in [2.75, 3.05) is 6.61 Å². The van der Waals surface area contributed by atoms with Crippen molar-refractivity contribution in [3.05, 3.63) is 57.4 Å². The molecule has 1 aliphatic heterocycles. The zero-order chi connectivity index (χ0) is 27.2. The summed E-state index contributed by atoms with van der Waals surface area (Å²) in [6, 6.07) is 8.53. The Morgan fingerprint density at radius 2 is 1.76 bits per heavy atom. The van der Waals surface area contributed by atoms with E-state index in [1.54, 1.807) is 30.3 Å². The molecule has 37 heavy (non-hydrogen) atoms. The second-order valence-electron chi connectivity index (χ2n) is 7.68. The van der Waals surface area contributed by atoms with E-state index in [2.05, 4.69) is 18.1 Å². The van der Waals surface area contributed by atoms with E-state index in [1.165, 1.54) is 0 Å². The zero-order valence-corrected chi connectivity index (χ0v) is 20.9. The molecule has 17 nitrogen and oxygen atoms in total. The van der Waals surface area contributed by atoms with Crippen molar-refractivity contribution in [1.82, 2.24) is 9.55 Å². The van der Waals surface area contributed by atoms with Crippen LogP contribution in [0.2, 0.25) is 0 Å². The SMILES string of the molecule is O=c1[nH]c(=O)n([C@H]2C[C@H](O)[C@@H](COP(=O)(O)OP(=O)(O)OP(=O)(O)O)O2)cc1-c1cc2ccccc2o1. The molecule has 4 rings (SSSR count). The number of para-hydroxylation sites is 1. The molecule has 1 fully saturated rings. The number of nitrogens with one attached hydrogen (secondary N) is 1. The first-order valence-electron chi connectivity index (χ1n) is 10.1. The van der Waals surface area contributed by atoms with Gasteiger partial charge in [-0.2, -0.15) is 8.62 Å². The van der Waals surface area contributed by atoms with Gasteiger partial charge >= 0.3 is 29.2 Å². The standard InChI is InChI=1S/C17H19N2O15P3/c20-11-6-15(32-14(11)8-30-36(26,27)34-37(28,29)33-35(23,24)25)19-7-10(16(21)18-17(19)22)13-5-9-3-1-2-4-12(9)31-13/h1-5,7,11,14-15,20H,6,8H2,(H,26,27)(H,28,29)(H,18,21,22)(H2,23,24,25)/t11-,14+,15+/m0/s1. The number of rotatable bonds is 9. The van der Waals surface area contributed by atoms with Gasteiger partial charge in [-0.15, -0.1) is 0 Å². The van der Waals surface area contributed by atoms with E-state index in [-0.39, 0.29) is 17.7 Å². The number of hydrogen-bond donors (Lipinski definition) is 6. The molecular formula is C17H19N2O15P3. The van der Waals surface area contributed by atoms with Crippen LogP contribution in [0.25, 0.3) is 22.3 Å². The maximum atomic E-state index is 12.4. The highest BCUT2D eigenvalue weighted by atomic mass is 31.3. The highest BCUT2D eigenvalue weighted by Crippen LogP contribution is 2.66. The van der Waals surface area contributed by atoms with Crippen LogP contribution in [0.3, 0.4) is 0 Å². The zero-order valence-electron chi connectivity index (χ0n) is 18.2. The maximum absolute atomic E-state index is 12.4. The van der Waals surface area contributed by atoms with Crippen molar-refractivity contribution in [2.24, 2.45) is 0 Å². The normalized spacial score (nSPS) is 23.6. The van der Waals surface area contributed by atoms with Crippen LogP contribution in [0.5, 0.6) is 0 Å². The van der Waals surface area contributed by atoms with Crippen LogP contribution in [-0.4, -0.2) is 53.0 Å². The Balaban J connectivity index is 1.49. The van der Waals surface area contributed by atoms with E-state index in [9.17, 15) is 38.2 Å². The van der Waals surface area contributed by atoms with E-state index >= 15 is 0 Å². The molecule has 1 saturated heterocycles. The van der Waals surface area contributed by atoms with Crippen LogP contribution in [0, 0.1) is 0 Å². The van der Waals surface area contributed by atoms with Crippen molar-refractivity contribution in [3.63, 3.8) is 0 Å². The quantitative estimate of drug-likeness (QED) is 0.191. The lowest BCUT2D eigenvalue weighted by molar-refractivity contribution is -0.0449. The number of aromatic amines is 1. The fourth-order valence-corrected chi connectivity index (χ4v) is 6.53. The van der Waals surface area contributed by atoms with Gasteiger partial charge in [0.2, 0.25) is 0 Å². The van der Waals surface area contributed by atoms with Gasteiger partial charge in [0, 0.05) is 18.0 Å². The maximum Gasteiger partial charge on any atom is 0.490 e. The number of phosphoric ester groups is 1. The van der Waals surface area contributed by atoms with Gasteiger partial charge in [-0.25, -0.2) is 18.5 Å². The lowest BCUT2D eigenvalue weighted by atomic mass is 10.2. The predicted octanol–water partition coefficient (Wildman–Crippen LogP) is 0.941. The largest absolute Gasteiger partial charge is 0.490 e. The molecule has 0 spiro atoms. The van der Waals surface area contributed by atoms with Crippen LogP contribution < -0.4 is 11.2 Å². The minimum atomic E-state index is -5.72. The van der Waals surface area contributed by atoms with Gasteiger partial charge in [-0.05, 0) is 12.1 Å².